The maximum atomic E-state index is 10.4. The van der Waals surface area contributed by atoms with Gasteiger partial charge in [0.25, 0.3) is 0 Å². The summed E-state index contributed by atoms with van der Waals surface area (Å²) in [6, 6.07) is 0. The predicted octanol–water partition coefficient (Wildman–Crippen LogP) is 0.625. The quantitative estimate of drug-likeness (QED) is 0.721. The Bertz CT molecular complexity index is 300. The molecule has 0 saturated carbocycles. The van der Waals surface area contributed by atoms with Crippen molar-refractivity contribution in [3.8, 4) is 0 Å². The summed E-state index contributed by atoms with van der Waals surface area (Å²) in [7, 11) is -2.26. The molecule has 0 aliphatic rings. The standard InChI is InChI=1S/C6H9N4O2P/c1-4(2)6-9-7-5(8-10-6)3-13(11)12/h4H,3H2,1-2H3/p+1. The highest BCUT2D eigenvalue weighted by Crippen LogP contribution is 2.17. The van der Waals surface area contributed by atoms with Gasteiger partial charge in [-0.2, -0.15) is 4.89 Å². The van der Waals surface area contributed by atoms with Crippen LogP contribution in [0.15, 0.2) is 0 Å². The first-order valence-corrected chi connectivity index (χ1v) is 5.19. The van der Waals surface area contributed by atoms with Crippen molar-refractivity contribution in [3.63, 3.8) is 0 Å². The monoisotopic (exact) mass is 201 g/mol. The predicted molar refractivity (Wildman–Crippen MR) is 45.2 cm³/mol. The molecule has 7 heteroatoms. The molecular weight excluding hydrogens is 191 g/mol. The van der Waals surface area contributed by atoms with Gasteiger partial charge in [0.15, 0.2) is 5.82 Å². The second-order valence-electron chi connectivity index (χ2n) is 2.84. The highest BCUT2D eigenvalue weighted by Gasteiger charge is 2.16. The van der Waals surface area contributed by atoms with E-state index in [2.05, 4.69) is 20.4 Å². The van der Waals surface area contributed by atoms with E-state index < -0.39 is 8.03 Å². The SMILES string of the molecule is CC(C)c1nnc(C[P+](=O)O)nn1. The van der Waals surface area contributed by atoms with Crippen molar-refractivity contribution in [1.29, 1.82) is 0 Å². The minimum absolute atomic E-state index is 0.0896. The van der Waals surface area contributed by atoms with E-state index in [1.165, 1.54) is 0 Å². The molecule has 70 valence electrons. The van der Waals surface area contributed by atoms with Crippen molar-refractivity contribution in [2.24, 2.45) is 0 Å². The molecule has 1 unspecified atom stereocenters. The third-order valence-corrected chi connectivity index (χ3v) is 1.88. The van der Waals surface area contributed by atoms with Crippen molar-refractivity contribution in [2.45, 2.75) is 25.9 Å². The lowest BCUT2D eigenvalue weighted by Gasteiger charge is -1.98. The summed E-state index contributed by atoms with van der Waals surface area (Å²) in [6.45, 7) is 3.84. The van der Waals surface area contributed by atoms with Crippen LogP contribution in [0.1, 0.15) is 31.4 Å². The van der Waals surface area contributed by atoms with Gasteiger partial charge in [-0.15, -0.1) is 20.4 Å². The van der Waals surface area contributed by atoms with Crippen LogP contribution >= 0.6 is 8.03 Å². The Morgan fingerprint density at radius 1 is 1.31 bits per heavy atom. The van der Waals surface area contributed by atoms with Gasteiger partial charge >= 0.3 is 8.03 Å². The van der Waals surface area contributed by atoms with Crippen LogP contribution in [0, 0.1) is 0 Å². The number of rotatable bonds is 3. The van der Waals surface area contributed by atoms with Crippen LogP contribution in [0.25, 0.3) is 0 Å². The van der Waals surface area contributed by atoms with Gasteiger partial charge in [-0.25, -0.2) is 0 Å². The first kappa shape index (κ1) is 10.1. The maximum absolute atomic E-state index is 10.4. The number of aromatic nitrogens is 4. The third-order valence-electron chi connectivity index (χ3n) is 1.33. The van der Waals surface area contributed by atoms with Crippen LogP contribution < -0.4 is 0 Å². The molecular formula is C6H10N4O2P+. The van der Waals surface area contributed by atoms with E-state index in [0.717, 1.165) is 0 Å². The van der Waals surface area contributed by atoms with Gasteiger partial charge in [-0.1, -0.05) is 13.8 Å². The second kappa shape index (κ2) is 4.30. The lowest BCUT2D eigenvalue weighted by atomic mass is 10.2. The Hall–Kier alpha value is -1.00. The average Bonchev–Trinajstić information content (AvgIpc) is 2.04. The molecule has 1 heterocycles. The highest BCUT2D eigenvalue weighted by atomic mass is 31.1. The van der Waals surface area contributed by atoms with Crippen LogP contribution in [0.2, 0.25) is 0 Å². The van der Waals surface area contributed by atoms with Gasteiger partial charge < -0.3 is 0 Å². The van der Waals surface area contributed by atoms with Crippen molar-refractivity contribution < 1.29 is 9.46 Å². The first-order valence-electron chi connectivity index (χ1n) is 3.79. The topological polar surface area (TPSA) is 88.9 Å². The molecule has 0 saturated heterocycles. The Morgan fingerprint density at radius 2 is 1.85 bits per heavy atom. The van der Waals surface area contributed by atoms with Crippen molar-refractivity contribution in [1.82, 2.24) is 20.4 Å². The highest BCUT2D eigenvalue weighted by molar-refractivity contribution is 7.37. The summed E-state index contributed by atoms with van der Waals surface area (Å²) in [5.41, 5.74) is 0. The zero-order chi connectivity index (χ0) is 9.84. The summed E-state index contributed by atoms with van der Waals surface area (Å²) in [5.74, 6) is 0.905. The van der Waals surface area contributed by atoms with Crippen LogP contribution in [0.4, 0.5) is 0 Å². The molecule has 1 aromatic heterocycles. The third kappa shape index (κ3) is 3.08. The number of hydrogen-bond donors (Lipinski definition) is 1. The Labute approximate surface area is 76.3 Å². The largest absolute Gasteiger partial charge is 0.513 e. The molecule has 1 N–H and O–H groups in total. The molecule has 1 aromatic rings. The van der Waals surface area contributed by atoms with Gasteiger partial charge in [0.1, 0.15) is 0 Å². The molecule has 0 radical (unpaired) electrons. The smallest absolute Gasteiger partial charge is 0.160 e. The molecule has 13 heavy (non-hydrogen) atoms. The van der Waals surface area contributed by atoms with Crippen LogP contribution in [0.3, 0.4) is 0 Å². The van der Waals surface area contributed by atoms with Gasteiger partial charge in [-0.05, 0) is 4.57 Å². The number of nitrogens with zero attached hydrogens (tertiary/aromatic N) is 4. The molecule has 0 fully saturated rings. The first-order chi connectivity index (χ1) is 6.09. The molecule has 6 nitrogen and oxygen atoms in total. The van der Waals surface area contributed by atoms with E-state index >= 15 is 0 Å². The molecule has 0 bridgehead atoms. The van der Waals surface area contributed by atoms with Gasteiger partial charge in [0.2, 0.25) is 12.0 Å². The molecule has 0 aromatic carbocycles. The molecule has 0 aliphatic carbocycles. The summed E-state index contributed by atoms with van der Waals surface area (Å²) < 4.78 is 10.4. The summed E-state index contributed by atoms with van der Waals surface area (Å²) in [5, 5.41) is 14.9. The fraction of sp³-hybridized carbons (Fsp3) is 0.667. The minimum atomic E-state index is -2.26. The van der Waals surface area contributed by atoms with Gasteiger partial charge in [0, 0.05) is 5.92 Å². The van der Waals surface area contributed by atoms with E-state index in [9.17, 15) is 4.57 Å². The lowest BCUT2D eigenvalue weighted by Crippen LogP contribution is -2.05. The molecule has 1 atom stereocenters. The molecule has 1 rings (SSSR count). The van der Waals surface area contributed by atoms with E-state index in [1.54, 1.807) is 0 Å². The van der Waals surface area contributed by atoms with Crippen molar-refractivity contribution in [3.05, 3.63) is 11.6 Å². The Morgan fingerprint density at radius 3 is 2.23 bits per heavy atom. The van der Waals surface area contributed by atoms with E-state index in [-0.39, 0.29) is 17.9 Å². The molecule has 0 spiro atoms. The van der Waals surface area contributed by atoms with Gasteiger partial charge in [-0.3, -0.25) is 0 Å². The maximum Gasteiger partial charge on any atom is 0.513 e. The minimum Gasteiger partial charge on any atom is -0.160 e. The van der Waals surface area contributed by atoms with Crippen LogP contribution in [-0.4, -0.2) is 25.3 Å². The summed E-state index contributed by atoms with van der Waals surface area (Å²) in [4.78, 5) is 8.56. The Kier molecular flexibility index (Phi) is 3.33. The normalized spacial score (nSPS) is 11.8. The Balaban J connectivity index is 2.75. The summed E-state index contributed by atoms with van der Waals surface area (Å²) >= 11 is 0. The van der Waals surface area contributed by atoms with Crippen LogP contribution in [0.5, 0.6) is 0 Å². The van der Waals surface area contributed by atoms with Gasteiger partial charge in [0.05, 0.1) is 0 Å². The zero-order valence-corrected chi connectivity index (χ0v) is 8.27. The van der Waals surface area contributed by atoms with E-state index in [4.69, 9.17) is 4.89 Å². The molecule has 0 aliphatic heterocycles. The second-order valence-corrected chi connectivity index (χ2v) is 3.86. The van der Waals surface area contributed by atoms with Crippen LogP contribution in [-0.2, 0) is 10.7 Å². The van der Waals surface area contributed by atoms with E-state index in [0.29, 0.717) is 5.82 Å². The zero-order valence-electron chi connectivity index (χ0n) is 7.38. The fourth-order valence-electron chi connectivity index (χ4n) is 0.673. The van der Waals surface area contributed by atoms with E-state index in [1.807, 2.05) is 13.8 Å². The van der Waals surface area contributed by atoms with Crippen molar-refractivity contribution >= 4 is 8.03 Å². The summed E-state index contributed by atoms with van der Waals surface area (Å²) in [6.07, 6.45) is -0.0896. The van der Waals surface area contributed by atoms with Crippen molar-refractivity contribution in [2.75, 3.05) is 0 Å². The molecule has 0 amide bonds. The number of hydrogen-bond acceptors (Lipinski definition) is 5. The average molecular weight is 201 g/mol. The lowest BCUT2D eigenvalue weighted by molar-refractivity contribution is 0.499. The fourth-order valence-corrected chi connectivity index (χ4v) is 1.04.